The molecule has 3 rings (SSSR count). The van der Waals surface area contributed by atoms with Crippen molar-refractivity contribution in [2.24, 2.45) is 0 Å². The molecule has 3 aromatic rings. The molecule has 7 nitrogen and oxygen atoms in total. The summed E-state index contributed by atoms with van der Waals surface area (Å²) >= 11 is 0. The smallest absolute Gasteiger partial charge is 0.283 e. The number of nitrogens with zero attached hydrogens (tertiary/aromatic N) is 4. The third-order valence-corrected chi connectivity index (χ3v) is 3.35. The second-order valence-corrected chi connectivity index (χ2v) is 5.46. The second-order valence-electron chi connectivity index (χ2n) is 5.46. The summed E-state index contributed by atoms with van der Waals surface area (Å²) in [5.74, 6) is 1.57. The fourth-order valence-corrected chi connectivity index (χ4v) is 2.18. The van der Waals surface area contributed by atoms with Gasteiger partial charge in [-0.3, -0.25) is 4.68 Å². The van der Waals surface area contributed by atoms with E-state index in [4.69, 9.17) is 8.83 Å². The van der Waals surface area contributed by atoms with Crippen LogP contribution in [0, 0.1) is 13.8 Å². The third-order valence-electron chi connectivity index (χ3n) is 3.35. The van der Waals surface area contributed by atoms with Crippen LogP contribution in [-0.4, -0.2) is 26.0 Å². The summed E-state index contributed by atoms with van der Waals surface area (Å²) in [6, 6.07) is 2.10. The SMILES string of the molecule is Cc1cnn(C[C@H](C)NCc2nnc(-c3occc3C)o2)c1. The number of hydrogen-bond acceptors (Lipinski definition) is 6. The Morgan fingerprint density at radius 1 is 1.32 bits per heavy atom. The van der Waals surface area contributed by atoms with E-state index in [1.165, 1.54) is 0 Å². The van der Waals surface area contributed by atoms with Gasteiger partial charge in [-0.1, -0.05) is 0 Å². The van der Waals surface area contributed by atoms with Crippen molar-refractivity contribution in [1.29, 1.82) is 0 Å². The lowest BCUT2D eigenvalue weighted by atomic mass is 10.3. The molecule has 0 aromatic carbocycles. The summed E-state index contributed by atoms with van der Waals surface area (Å²) in [7, 11) is 0. The molecule has 116 valence electrons. The van der Waals surface area contributed by atoms with Crippen LogP contribution in [0.15, 0.2) is 33.6 Å². The van der Waals surface area contributed by atoms with Crippen LogP contribution in [0.2, 0.25) is 0 Å². The van der Waals surface area contributed by atoms with Crippen LogP contribution < -0.4 is 5.32 Å². The Kier molecular flexibility index (Phi) is 4.06. The highest BCUT2D eigenvalue weighted by Crippen LogP contribution is 2.22. The molecule has 22 heavy (non-hydrogen) atoms. The molecule has 0 bridgehead atoms. The minimum Gasteiger partial charge on any atom is -0.459 e. The lowest BCUT2D eigenvalue weighted by Crippen LogP contribution is -2.30. The molecule has 0 aliphatic rings. The zero-order valence-electron chi connectivity index (χ0n) is 12.9. The Morgan fingerprint density at radius 2 is 2.18 bits per heavy atom. The van der Waals surface area contributed by atoms with Crippen LogP contribution in [0.25, 0.3) is 11.7 Å². The van der Waals surface area contributed by atoms with Crippen molar-refractivity contribution >= 4 is 0 Å². The fraction of sp³-hybridized carbons (Fsp3) is 0.400. The Labute approximate surface area is 128 Å². The maximum Gasteiger partial charge on any atom is 0.283 e. The molecule has 3 aromatic heterocycles. The van der Waals surface area contributed by atoms with E-state index >= 15 is 0 Å². The van der Waals surface area contributed by atoms with Crippen LogP contribution >= 0.6 is 0 Å². The first-order valence-electron chi connectivity index (χ1n) is 7.21. The Bertz CT molecular complexity index is 743. The van der Waals surface area contributed by atoms with E-state index in [-0.39, 0.29) is 6.04 Å². The summed E-state index contributed by atoms with van der Waals surface area (Å²) in [6.07, 6.45) is 5.48. The topological polar surface area (TPSA) is 81.9 Å². The van der Waals surface area contributed by atoms with Gasteiger partial charge in [0.05, 0.1) is 25.5 Å². The molecular weight excluding hydrogens is 282 g/mol. The Balaban J connectivity index is 1.55. The number of rotatable bonds is 6. The van der Waals surface area contributed by atoms with Gasteiger partial charge < -0.3 is 14.2 Å². The normalized spacial score (nSPS) is 12.7. The standard InChI is InChI=1S/C15H19N5O2/c1-10-6-17-20(8-10)9-12(3)16-7-13-18-19-15(22-13)14-11(2)4-5-21-14/h4-6,8,12,16H,7,9H2,1-3H3/t12-/m0/s1. The quantitative estimate of drug-likeness (QED) is 0.752. The predicted octanol–water partition coefficient (Wildman–Crippen LogP) is 2.32. The zero-order valence-corrected chi connectivity index (χ0v) is 12.9. The van der Waals surface area contributed by atoms with Gasteiger partial charge in [0.25, 0.3) is 5.89 Å². The van der Waals surface area contributed by atoms with Crippen molar-refractivity contribution < 1.29 is 8.83 Å². The van der Waals surface area contributed by atoms with E-state index in [9.17, 15) is 0 Å². The molecule has 0 fully saturated rings. The van der Waals surface area contributed by atoms with Gasteiger partial charge >= 0.3 is 0 Å². The molecule has 0 saturated carbocycles. The Morgan fingerprint density at radius 3 is 2.86 bits per heavy atom. The molecule has 0 radical (unpaired) electrons. The third kappa shape index (κ3) is 3.25. The minimum atomic E-state index is 0.236. The van der Waals surface area contributed by atoms with Crippen molar-refractivity contribution in [3.8, 4) is 11.7 Å². The van der Waals surface area contributed by atoms with Crippen molar-refractivity contribution in [3.63, 3.8) is 0 Å². The zero-order chi connectivity index (χ0) is 15.5. The van der Waals surface area contributed by atoms with E-state index in [1.807, 2.05) is 37.0 Å². The highest BCUT2D eigenvalue weighted by Gasteiger charge is 2.14. The van der Waals surface area contributed by atoms with Crippen LogP contribution in [-0.2, 0) is 13.1 Å². The number of hydrogen-bond donors (Lipinski definition) is 1. The molecule has 0 aliphatic heterocycles. The van der Waals surface area contributed by atoms with Crippen LogP contribution in [0.5, 0.6) is 0 Å². The maximum absolute atomic E-state index is 5.61. The van der Waals surface area contributed by atoms with E-state index in [2.05, 4.69) is 27.5 Å². The van der Waals surface area contributed by atoms with Gasteiger partial charge in [-0.25, -0.2) is 0 Å². The molecule has 0 aliphatic carbocycles. The van der Waals surface area contributed by atoms with Gasteiger partial charge in [-0.05, 0) is 32.4 Å². The van der Waals surface area contributed by atoms with Crippen LogP contribution in [0.1, 0.15) is 23.9 Å². The Hall–Kier alpha value is -2.41. The maximum atomic E-state index is 5.61. The molecular formula is C15H19N5O2. The molecule has 3 heterocycles. The van der Waals surface area contributed by atoms with Gasteiger partial charge in [0, 0.05) is 17.8 Å². The number of aryl methyl sites for hydroxylation is 2. The first-order chi connectivity index (χ1) is 10.6. The lowest BCUT2D eigenvalue weighted by Gasteiger charge is -2.12. The van der Waals surface area contributed by atoms with Crippen molar-refractivity contribution in [2.45, 2.75) is 39.9 Å². The minimum absolute atomic E-state index is 0.236. The van der Waals surface area contributed by atoms with E-state index < -0.39 is 0 Å². The summed E-state index contributed by atoms with van der Waals surface area (Å²) in [4.78, 5) is 0. The molecule has 0 amide bonds. The predicted molar refractivity (Wildman–Crippen MR) is 80.0 cm³/mol. The second kappa shape index (κ2) is 6.15. The van der Waals surface area contributed by atoms with Crippen molar-refractivity contribution in [1.82, 2.24) is 25.3 Å². The first-order valence-corrected chi connectivity index (χ1v) is 7.21. The van der Waals surface area contributed by atoms with Gasteiger partial charge in [0.15, 0.2) is 5.76 Å². The largest absolute Gasteiger partial charge is 0.459 e. The van der Waals surface area contributed by atoms with Gasteiger partial charge in [0.2, 0.25) is 5.89 Å². The highest BCUT2D eigenvalue weighted by molar-refractivity contribution is 5.49. The van der Waals surface area contributed by atoms with Crippen molar-refractivity contribution in [3.05, 3.63) is 41.7 Å². The molecule has 1 atom stereocenters. The number of nitrogens with one attached hydrogen (secondary N) is 1. The lowest BCUT2D eigenvalue weighted by molar-refractivity contribution is 0.407. The average molecular weight is 301 g/mol. The molecule has 7 heteroatoms. The number of aromatic nitrogens is 4. The highest BCUT2D eigenvalue weighted by atomic mass is 16.4. The van der Waals surface area contributed by atoms with E-state index in [0.29, 0.717) is 24.1 Å². The number of furan rings is 1. The average Bonchev–Trinajstić information content (AvgIpc) is 3.18. The van der Waals surface area contributed by atoms with E-state index in [0.717, 1.165) is 17.7 Å². The van der Waals surface area contributed by atoms with Gasteiger partial charge in [-0.2, -0.15) is 5.10 Å². The molecule has 0 spiro atoms. The van der Waals surface area contributed by atoms with Crippen LogP contribution in [0.4, 0.5) is 0 Å². The molecule has 0 unspecified atom stereocenters. The summed E-state index contributed by atoms with van der Waals surface area (Å²) in [5.41, 5.74) is 2.13. The van der Waals surface area contributed by atoms with Gasteiger partial charge in [-0.15, -0.1) is 10.2 Å². The van der Waals surface area contributed by atoms with Gasteiger partial charge in [0.1, 0.15) is 0 Å². The summed E-state index contributed by atoms with van der Waals surface area (Å²) < 4.78 is 12.9. The summed E-state index contributed by atoms with van der Waals surface area (Å²) in [5, 5.41) is 15.7. The summed E-state index contributed by atoms with van der Waals surface area (Å²) in [6.45, 7) is 7.35. The monoisotopic (exact) mass is 301 g/mol. The first kappa shape index (κ1) is 14.5. The van der Waals surface area contributed by atoms with Crippen molar-refractivity contribution in [2.75, 3.05) is 0 Å². The van der Waals surface area contributed by atoms with E-state index in [1.54, 1.807) is 6.26 Å². The van der Waals surface area contributed by atoms with Crippen LogP contribution in [0.3, 0.4) is 0 Å². The molecule has 1 N–H and O–H groups in total. The molecule has 0 saturated heterocycles. The fourth-order valence-electron chi connectivity index (χ4n) is 2.18.